The number of nitrogen functional groups attached to an aromatic ring is 1. The lowest BCUT2D eigenvalue weighted by Crippen LogP contribution is -2.39. The van der Waals surface area contributed by atoms with E-state index in [2.05, 4.69) is 31.7 Å². The first-order chi connectivity index (χ1) is 22.0. The number of amidine groups is 1. The van der Waals surface area contributed by atoms with Crippen LogP contribution in [-0.4, -0.2) is 46.1 Å². The number of alkyl halides is 3. The van der Waals surface area contributed by atoms with E-state index in [1.165, 1.54) is 12.4 Å². The van der Waals surface area contributed by atoms with Crippen LogP contribution in [0.3, 0.4) is 0 Å². The summed E-state index contributed by atoms with van der Waals surface area (Å²) in [5.41, 5.74) is 10.5. The summed E-state index contributed by atoms with van der Waals surface area (Å²) in [5.74, 6) is -4.45. The number of amides is 1. The summed E-state index contributed by atoms with van der Waals surface area (Å²) in [4.78, 5) is 25.8. The molecule has 5 rings (SSSR count). The van der Waals surface area contributed by atoms with Crippen molar-refractivity contribution in [3.63, 3.8) is 0 Å². The average Bonchev–Trinajstić information content (AvgIpc) is 3.23. The Morgan fingerprint density at radius 2 is 1.78 bits per heavy atom. The van der Waals surface area contributed by atoms with E-state index in [0.29, 0.717) is 12.2 Å². The monoisotopic (exact) mass is 640 g/mol. The number of aliphatic hydroxyl groups is 1. The predicted octanol–water partition coefficient (Wildman–Crippen LogP) is 5.34. The Kier molecular flexibility index (Phi) is 10.1. The molecule has 0 radical (unpaired) electrons. The standard InChI is InChI=1S/C33H33F5N6O2/c34-26-11-8-20(13-27(26)35)16-42-32(46)25-14-23(33(36,37)38)17-41-31(25)40-15-19-6-9-21(10-7-19)24-5-1-3-22(4-2-12-45)29-28(24)30(39)44-18-43-29/h5-11,13-14,18,22-23,45H,1-4,12,15-17H2,(H,40,41)(H,42,46)(H2,39,43,44). The van der Waals surface area contributed by atoms with Crippen molar-refractivity contribution in [2.75, 3.05) is 18.9 Å². The highest BCUT2D eigenvalue weighted by Gasteiger charge is 2.41. The molecular formula is C33H33F5N6O2. The lowest BCUT2D eigenvalue weighted by atomic mass is 9.90. The Hall–Kier alpha value is -4.65. The summed E-state index contributed by atoms with van der Waals surface area (Å²) in [5, 5.41) is 14.8. The molecule has 2 aliphatic rings. The third-order valence-electron chi connectivity index (χ3n) is 8.03. The molecule has 1 aliphatic carbocycles. The first-order valence-electron chi connectivity index (χ1n) is 14.9. The molecule has 242 valence electrons. The van der Waals surface area contributed by atoms with Crippen molar-refractivity contribution < 1.29 is 31.9 Å². The Balaban J connectivity index is 1.30. The van der Waals surface area contributed by atoms with Crippen molar-refractivity contribution in [1.82, 2.24) is 20.6 Å². The van der Waals surface area contributed by atoms with E-state index < -0.39 is 36.2 Å². The van der Waals surface area contributed by atoms with Gasteiger partial charge in [-0.2, -0.15) is 13.2 Å². The maximum Gasteiger partial charge on any atom is 0.396 e. The maximum atomic E-state index is 13.6. The average molecular weight is 641 g/mol. The molecule has 1 amide bonds. The Bertz CT molecular complexity index is 1670. The SMILES string of the molecule is Nc1ncnc2c1C(c1ccc(CNC3=NCC(C(F)(F)F)C=C3C(=O)NCc3ccc(F)c(F)c3)cc1)=CCCC2CCCO. The van der Waals surface area contributed by atoms with E-state index in [0.717, 1.165) is 65.4 Å². The van der Waals surface area contributed by atoms with Crippen LogP contribution in [0.1, 0.15) is 59.5 Å². The number of allylic oxidation sites excluding steroid dienone is 1. The third kappa shape index (κ3) is 7.58. The molecule has 2 atom stereocenters. The van der Waals surface area contributed by atoms with Crippen molar-refractivity contribution >= 4 is 23.1 Å². The first-order valence-corrected chi connectivity index (χ1v) is 14.9. The van der Waals surface area contributed by atoms with Gasteiger partial charge >= 0.3 is 6.18 Å². The van der Waals surface area contributed by atoms with Crippen LogP contribution in [0.2, 0.25) is 0 Å². The van der Waals surface area contributed by atoms with Gasteiger partial charge in [-0.15, -0.1) is 0 Å². The number of hydrogen-bond donors (Lipinski definition) is 4. The Morgan fingerprint density at radius 3 is 2.50 bits per heavy atom. The molecule has 13 heteroatoms. The molecule has 0 fully saturated rings. The number of fused-ring (bicyclic) bond motifs is 1. The van der Waals surface area contributed by atoms with E-state index in [4.69, 9.17) is 5.73 Å². The summed E-state index contributed by atoms with van der Waals surface area (Å²) < 4.78 is 67.4. The molecule has 2 aromatic carbocycles. The van der Waals surface area contributed by atoms with Gasteiger partial charge in [0.05, 0.1) is 23.7 Å². The van der Waals surface area contributed by atoms with Crippen LogP contribution in [0, 0.1) is 17.6 Å². The van der Waals surface area contributed by atoms with E-state index in [1.807, 2.05) is 24.3 Å². The van der Waals surface area contributed by atoms with Gasteiger partial charge in [0.2, 0.25) is 0 Å². The van der Waals surface area contributed by atoms with Gasteiger partial charge in [-0.25, -0.2) is 18.7 Å². The molecule has 1 aliphatic heterocycles. The molecule has 8 nitrogen and oxygen atoms in total. The fourth-order valence-corrected chi connectivity index (χ4v) is 5.60. The van der Waals surface area contributed by atoms with Gasteiger partial charge in [0.25, 0.3) is 5.91 Å². The summed E-state index contributed by atoms with van der Waals surface area (Å²) in [7, 11) is 0. The van der Waals surface area contributed by atoms with Gasteiger partial charge < -0.3 is 21.5 Å². The number of aromatic nitrogens is 2. The smallest absolute Gasteiger partial charge is 0.396 e. The molecule has 2 heterocycles. The number of nitrogens with one attached hydrogen (secondary N) is 2. The molecule has 0 saturated carbocycles. The summed E-state index contributed by atoms with van der Waals surface area (Å²) in [6.07, 6.45) is 2.86. The normalized spacial score (nSPS) is 18.1. The minimum Gasteiger partial charge on any atom is -0.396 e. The summed E-state index contributed by atoms with van der Waals surface area (Å²) >= 11 is 0. The number of aliphatic hydroxyl groups excluding tert-OH is 1. The first kappa shape index (κ1) is 32.7. The van der Waals surface area contributed by atoms with Crippen molar-refractivity contribution in [2.24, 2.45) is 10.9 Å². The van der Waals surface area contributed by atoms with Crippen LogP contribution in [0.5, 0.6) is 0 Å². The number of hydrogen-bond acceptors (Lipinski definition) is 7. The van der Waals surface area contributed by atoms with Gasteiger partial charge in [0.1, 0.15) is 18.0 Å². The van der Waals surface area contributed by atoms with Gasteiger partial charge in [-0.1, -0.05) is 42.5 Å². The largest absolute Gasteiger partial charge is 0.396 e. The fourth-order valence-electron chi connectivity index (χ4n) is 5.60. The zero-order valence-corrected chi connectivity index (χ0v) is 24.7. The van der Waals surface area contributed by atoms with Crippen molar-refractivity contribution in [3.05, 3.63) is 106 Å². The molecule has 46 heavy (non-hydrogen) atoms. The number of nitrogens with zero attached hydrogens (tertiary/aromatic N) is 3. The highest BCUT2D eigenvalue weighted by Crippen LogP contribution is 2.39. The second-order valence-electron chi connectivity index (χ2n) is 11.2. The van der Waals surface area contributed by atoms with Crippen molar-refractivity contribution in [2.45, 2.75) is 50.9 Å². The van der Waals surface area contributed by atoms with Gasteiger partial charge in [-0.3, -0.25) is 9.79 Å². The van der Waals surface area contributed by atoms with Crippen molar-refractivity contribution in [3.8, 4) is 0 Å². The van der Waals surface area contributed by atoms with Crippen LogP contribution in [-0.2, 0) is 17.9 Å². The van der Waals surface area contributed by atoms with Crippen LogP contribution in [0.25, 0.3) is 5.57 Å². The van der Waals surface area contributed by atoms with E-state index in [9.17, 15) is 31.9 Å². The minimum atomic E-state index is -4.60. The topological polar surface area (TPSA) is 126 Å². The third-order valence-corrected chi connectivity index (χ3v) is 8.03. The predicted molar refractivity (Wildman–Crippen MR) is 163 cm³/mol. The van der Waals surface area contributed by atoms with E-state index in [1.54, 1.807) is 0 Å². The maximum absolute atomic E-state index is 13.6. The second kappa shape index (κ2) is 14.2. The Morgan fingerprint density at radius 1 is 1.02 bits per heavy atom. The van der Waals surface area contributed by atoms with Gasteiger partial charge in [0.15, 0.2) is 11.6 Å². The lowest BCUT2D eigenvalue weighted by Gasteiger charge is -2.23. The van der Waals surface area contributed by atoms with Crippen LogP contribution < -0.4 is 16.4 Å². The number of aliphatic imine (C=N–C) groups is 1. The molecule has 0 bridgehead atoms. The van der Waals surface area contributed by atoms with E-state index >= 15 is 0 Å². The summed E-state index contributed by atoms with van der Waals surface area (Å²) in [6, 6.07) is 10.6. The number of rotatable bonds is 9. The number of anilines is 1. The number of halogens is 5. The number of nitrogens with two attached hydrogens (primary N) is 1. The Labute approximate surface area is 262 Å². The summed E-state index contributed by atoms with van der Waals surface area (Å²) in [6.45, 7) is -0.555. The van der Waals surface area contributed by atoms with E-state index in [-0.39, 0.29) is 42.6 Å². The van der Waals surface area contributed by atoms with Crippen LogP contribution in [0.4, 0.5) is 27.8 Å². The molecule has 0 saturated heterocycles. The molecule has 3 aromatic rings. The molecular weight excluding hydrogens is 607 g/mol. The molecule has 0 spiro atoms. The van der Waals surface area contributed by atoms with Gasteiger partial charge in [0, 0.05) is 31.2 Å². The van der Waals surface area contributed by atoms with Crippen LogP contribution >= 0.6 is 0 Å². The fraction of sp³-hybridized carbons (Fsp3) is 0.333. The number of carbonyl (C=O) groups is 1. The minimum absolute atomic E-state index is 0.00777. The quantitative estimate of drug-likeness (QED) is 0.234. The van der Waals surface area contributed by atoms with Gasteiger partial charge in [-0.05, 0) is 60.1 Å². The van der Waals surface area contributed by atoms with Crippen LogP contribution in [0.15, 0.2) is 71.5 Å². The zero-order valence-electron chi connectivity index (χ0n) is 24.7. The zero-order chi connectivity index (χ0) is 32.8. The number of carbonyl (C=O) groups excluding carboxylic acids is 1. The number of dihydropyridines is 1. The molecule has 1 aromatic heterocycles. The molecule has 2 unspecified atom stereocenters. The highest BCUT2D eigenvalue weighted by molar-refractivity contribution is 6.21. The lowest BCUT2D eigenvalue weighted by molar-refractivity contribution is -0.158. The van der Waals surface area contributed by atoms with Crippen molar-refractivity contribution in [1.29, 1.82) is 0 Å². The molecule has 5 N–H and O–H groups in total. The highest BCUT2D eigenvalue weighted by atomic mass is 19.4. The second-order valence-corrected chi connectivity index (χ2v) is 11.2. The number of benzene rings is 2.